The summed E-state index contributed by atoms with van der Waals surface area (Å²) in [6.45, 7) is 0. The second kappa shape index (κ2) is 4.51. The lowest BCUT2D eigenvalue weighted by Gasteiger charge is -2.06. The van der Waals surface area contributed by atoms with E-state index >= 15 is 0 Å². The number of halogens is 5. The molecule has 14 heavy (non-hydrogen) atoms. The summed E-state index contributed by atoms with van der Waals surface area (Å²) in [5.41, 5.74) is -1.07. The van der Waals surface area contributed by atoms with Gasteiger partial charge in [-0.2, -0.15) is 0 Å². The average Bonchev–Trinajstić information content (AvgIpc) is 2.01. The molecule has 0 aromatic carbocycles. The van der Waals surface area contributed by atoms with Gasteiger partial charge in [-0.15, -0.1) is 0 Å². The maximum absolute atomic E-state index is 12.5. The van der Waals surface area contributed by atoms with E-state index in [-0.39, 0.29) is 9.63 Å². The van der Waals surface area contributed by atoms with Gasteiger partial charge in [0.15, 0.2) is 0 Å². The number of hydrogen-bond donors (Lipinski definition) is 0. The van der Waals surface area contributed by atoms with Gasteiger partial charge in [0.1, 0.15) is 10.8 Å². The molecule has 1 rings (SSSR count). The Morgan fingerprint density at radius 3 is 2.57 bits per heavy atom. The molecule has 1 aromatic heterocycles. The van der Waals surface area contributed by atoms with Crippen LogP contribution in [0, 0.1) is 0 Å². The molecule has 1 aromatic rings. The van der Waals surface area contributed by atoms with Crippen molar-refractivity contribution < 1.29 is 13.6 Å². The SMILES string of the molecule is O=C(Cl)c1nc(Cl)cc(Br)c1C(F)F. The topological polar surface area (TPSA) is 30.0 Å². The van der Waals surface area contributed by atoms with Crippen LogP contribution in [0.4, 0.5) is 8.78 Å². The van der Waals surface area contributed by atoms with E-state index in [1.165, 1.54) is 6.07 Å². The number of carbonyl (C=O) groups is 1. The fraction of sp³-hybridized carbons (Fsp3) is 0.143. The van der Waals surface area contributed by atoms with Gasteiger partial charge < -0.3 is 0 Å². The van der Waals surface area contributed by atoms with Crippen molar-refractivity contribution >= 4 is 44.4 Å². The highest BCUT2D eigenvalue weighted by atomic mass is 79.9. The van der Waals surface area contributed by atoms with Crippen LogP contribution in [0.5, 0.6) is 0 Å². The number of alkyl halides is 2. The van der Waals surface area contributed by atoms with E-state index in [0.29, 0.717) is 0 Å². The first-order chi connectivity index (χ1) is 6.43. The Bertz CT molecular complexity index is 386. The first-order valence-electron chi connectivity index (χ1n) is 3.27. The Hall–Kier alpha value is -0.260. The van der Waals surface area contributed by atoms with Crippen LogP contribution in [-0.4, -0.2) is 10.2 Å². The van der Waals surface area contributed by atoms with Gasteiger partial charge in [-0.05, 0) is 17.7 Å². The predicted molar refractivity (Wildman–Crippen MR) is 52.1 cm³/mol. The highest BCUT2D eigenvalue weighted by Crippen LogP contribution is 2.32. The van der Waals surface area contributed by atoms with Crippen LogP contribution in [0.1, 0.15) is 22.5 Å². The number of hydrogen-bond acceptors (Lipinski definition) is 2. The van der Waals surface area contributed by atoms with E-state index in [0.717, 1.165) is 0 Å². The normalized spacial score (nSPS) is 10.7. The molecule has 7 heteroatoms. The van der Waals surface area contributed by atoms with Crippen LogP contribution in [0.2, 0.25) is 5.15 Å². The van der Waals surface area contributed by atoms with Crippen LogP contribution in [0.25, 0.3) is 0 Å². The molecule has 0 aliphatic heterocycles. The van der Waals surface area contributed by atoms with E-state index < -0.39 is 22.9 Å². The van der Waals surface area contributed by atoms with Crippen LogP contribution >= 0.6 is 39.1 Å². The molecule has 0 fully saturated rings. The van der Waals surface area contributed by atoms with Crippen LogP contribution in [0.3, 0.4) is 0 Å². The standard InChI is InChI=1S/C7H2BrCl2F2NO/c8-2-1-3(9)13-5(6(10)14)4(2)7(11)12/h1,7H. The van der Waals surface area contributed by atoms with E-state index in [9.17, 15) is 13.6 Å². The van der Waals surface area contributed by atoms with Crippen molar-refractivity contribution in [3.63, 3.8) is 0 Å². The molecule has 0 N–H and O–H groups in total. The minimum Gasteiger partial charge on any atom is -0.274 e. The molecule has 0 atom stereocenters. The van der Waals surface area contributed by atoms with Crippen molar-refractivity contribution in [2.45, 2.75) is 6.43 Å². The summed E-state index contributed by atoms with van der Waals surface area (Å²) < 4.78 is 24.9. The molecule has 0 aliphatic rings. The summed E-state index contributed by atoms with van der Waals surface area (Å²) in [4.78, 5) is 14.2. The highest BCUT2D eigenvalue weighted by molar-refractivity contribution is 9.10. The minimum absolute atomic E-state index is 0.0106. The Labute approximate surface area is 96.3 Å². The smallest absolute Gasteiger partial charge is 0.271 e. The summed E-state index contributed by atoms with van der Waals surface area (Å²) in [5, 5.41) is -1.14. The molecule has 0 amide bonds. The van der Waals surface area contributed by atoms with Gasteiger partial charge >= 0.3 is 0 Å². The van der Waals surface area contributed by atoms with Crippen LogP contribution in [0.15, 0.2) is 10.5 Å². The summed E-state index contributed by atoms with van der Waals surface area (Å²) >= 11 is 13.4. The summed E-state index contributed by atoms with van der Waals surface area (Å²) in [7, 11) is 0. The van der Waals surface area contributed by atoms with Crippen molar-refractivity contribution in [1.29, 1.82) is 0 Å². The highest BCUT2D eigenvalue weighted by Gasteiger charge is 2.22. The first kappa shape index (κ1) is 11.8. The Morgan fingerprint density at radius 2 is 2.14 bits per heavy atom. The van der Waals surface area contributed by atoms with Gasteiger partial charge in [0.2, 0.25) is 0 Å². The third-order valence-corrected chi connectivity index (χ3v) is 2.41. The average molecular weight is 305 g/mol. The van der Waals surface area contributed by atoms with Crippen molar-refractivity contribution in [2.75, 3.05) is 0 Å². The van der Waals surface area contributed by atoms with Crippen LogP contribution < -0.4 is 0 Å². The fourth-order valence-electron chi connectivity index (χ4n) is 0.852. The lowest BCUT2D eigenvalue weighted by molar-refractivity contribution is 0.106. The lowest BCUT2D eigenvalue weighted by atomic mass is 10.2. The number of aromatic nitrogens is 1. The second-order valence-electron chi connectivity index (χ2n) is 2.26. The van der Waals surface area contributed by atoms with Gasteiger partial charge in [0.05, 0.1) is 5.56 Å². The second-order valence-corrected chi connectivity index (χ2v) is 3.85. The molecule has 2 nitrogen and oxygen atoms in total. The fourth-order valence-corrected chi connectivity index (χ4v) is 1.90. The molecule has 0 unspecified atom stereocenters. The third-order valence-electron chi connectivity index (χ3n) is 1.38. The zero-order valence-corrected chi connectivity index (χ0v) is 9.50. The molecule has 1 heterocycles. The Morgan fingerprint density at radius 1 is 1.57 bits per heavy atom. The van der Waals surface area contributed by atoms with Gasteiger partial charge in [0.25, 0.3) is 11.7 Å². The largest absolute Gasteiger partial charge is 0.274 e. The van der Waals surface area contributed by atoms with Crippen LogP contribution in [-0.2, 0) is 0 Å². The molecule has 0 saturated heterocycles. The van der Waals surface area contributed by atoms with Gasteiger partial charge in [-0.3, -0.25) is 4.79 Å². The first-order valence-corrected chi connectivity index (χ1v) is 4.82. The van der Waals surface area contributed by atoms with E-state index in [1.54, 1.807) is 0 Å². The quantitative estimate of drug-likeness (QED) is 0.614. The van der Waals surface area contributed by atoms with Crippen molar-refractivity contribution in [2.24, 2.45) is 0 Å². The molecule has 0 bridgehead atoms. The molecular weight excluding hydrogens is 303 g/mol. The summed E-state index contributed by atoms with van der Waals surface area (Å²) in [6, 6.07) is 1.17. The molecular formula is C7H2BrCl2F2NO. The van der Waals surface area contributed by atoms with Gasteiger partial charge in [-0.25, -0.2) is 13.8 Å². The Balaban J connectivity index is 3.44. The zero-order chi connectivity index (χ0) is 10.9. The maximum atomic E-state index is 12.5. The number of pyridine rings is 1. The van der Waals surface area contributed by atoms with E-state index in [4.69, 9.17) is 23.2 Å². The number of carbonyl (C=O) groups excluding carboxylic acids is 1. The van der Waals surface area contributed by atoms with E-state index in [2.05, 4.69) is 20.9 Å². The molecule has 76 valence electrons. The van der Waals surface area contributed by atoms with Crippen molar-refractivity contribution in [1.82, 2.24) is 4.98 Å². The molecule has 0 saturated carbocycles. The molecule has 0 aliphatic carbocycles. The third kappa shape index (κ3) is 2.40. The Kier molecular flexibility index (Phi) is 3.80. The van der Waals surface area contributed by atoms with Crippen molar-refractivity contribution in [3.05, 3.63) is 26.9 Å². The zero-order valence-electron chi connectivity index (χ0n) is 6.40. The van der Waals surface area contributed by atoms with E-state index in [1.807, 2.05) is 0 Å². The number of nitrogens with zero attached hydrogens (tertiary/aromatic N) is 1. The lowest BCUT2D eigenvalue weighted by Crippen LogP contribution is -2.03. The summed E-state index contributed by atoms with van der Waals surface area (Å²) in [5.74, 6) is 0. The number of rotatable bonds is 2. The predicted octanol–water partition coefficient (Wildman–Crippen LogP) is 3.81. The summed E-state index contributed by atoms with van der Waals surface area (Å²) in [6.07, 6.45) is -2.84. The monoisotopic (exact) mass is 303 g/mol. The molecule has 0 radical (unpaired) electrons. The maximum Gasteiger partial charge on any atom is 0.271 e. The molecule has 0 spiro atoms. The van der Waals surface area contributed by atoms with Gasteiger partial charge in [-0.1, -0.05) is 27.5 Å². The minimum atomic E-state index is -2.84. The van der Waals surface area contributed by atoms with Crippen molar-refractivity contribution in [3.8, 4) is 0 Å². The van der Waals surface area contributed by atoms with Gasteiger partial charge in [0, 0.05) is 4.47 Å².